The van der Waals surface area contributed by atoms with Crippen molar-refractivity contribution in [3.63, 3.8) is 0 Å². The first-order valence-electron chi connectivity index (χ1n) is 4.21. The van der Waals surface area contributed by atoms with Crippen molar-refractivity contribution in [3.05, 3.63) is 0 Å². The van der Waals surface area contributed by atoms with E-state index in [0.29, 0.717) is 13.2 Å². The van der Waals surface area contributed by atoms with Crippen LogP contribution in [0, 0.1) is 0 Å². The fourth-order valence-corrected chi connectivity index (χ4v) is 1.49. The van der Waals surface area contributed by atoms with Crippen LogP contribution >= 0.6 is 0 Å². The van der Waals surface area contributed by atoms with Gasteiger partial charge in [0, 0.05) is 13.2 Å². The standard InChI is InChI=1S/C7H17NO4S/c1-3-12-5-4-8-13(10,11)7(2)6-9/h7-9H,3-6H2,1-2H3. The van der Waals surface area contributed by atoms with Gasteiger partial charge in [0.25, 0.3) is 0 Å². The number of rotatable bonds is 7. The van der Waals surface area contributed by atoms with Crippen LogP contribution in [0.3, 0.4) is 0 Å². The van der Waals surface area contributed by atoms with Gasteiger partial charge in [0.1, 0.15) is 0 Å². The molecule has 0 aromatic heterocycles. The number of aliphatic hydroxyl groups is 1. The Morgan fingerprint density at radius 1 is 1.54 bits per heavy atom. The predicted octanol–water partition coefficient (Wildman–Crippen LogP) is -0.677. The van der Waals surface area contributed by atoms with E-state index in [-0.39, 0.29) is 13.2 Å². The molecule has 0 spiro atoms. The van der Waals surface area contributed by atoms with Crippen LogP contribution in [-0.2, 0) is 14.8 Å². The molecule has 2 N–H and O–H groups in total. The lowest BCUT2D eigenvalue weighted by Crippen LogP contribution is -2.36. The smallest absolute Gasteiger partial charge is 0.216 e. The van der Waals surface area contributed by atoms with E-state index < -0.39 is 15.3 Å². The van der Waals surface area contributed by atoms with Gasteiger partial charge in [-0.25, -0.2) is 13.1 Å². The summed E-state index contributed by atoms with van der Waals surface area (Å²) >= 11 is 0. The molecule has 0 aliphatic heterocycles. The molecule has 0 aromatic rings. The largest absolute Gasteiger partial charge is 0.395 e. The van der Waals surface area contributed by atoms with Gasteiger partial charge in [-0.05, 0) is 13.8 Å². The third-order valence-corrected chi connectivity index (χ3v) is 3.36. The molecule has 0 bridgehead atoms. The summed E-state index contributed by atoms with van der Waals surface area (Å²) in [7, 11) is -3.37. The topological polar surface area (TPSA) is 75.6 Å². The number of hydrogen-bond acceptors (Lipinski definition) is 4. The lowest BCUT2D eigenvalue weighted by molar-refractivity contribution is 0.153. The zero-order chi connectivity index (χ0) is 10.3. The van der Waals surface area contributed by atoms with Crippen molar-refractivity contribution < 1.29 is 18.3 Å². The van der Waals surface area contributed by atoms with Crippen LogP contribution in [0.5, 0.6) is 0 Å². The van der Waals surface area contributed by atoms with Crippen LogP contribution in [0.15, 0.2) is 0 Å². The Morgan fingerprint density at radius 2 is 2.15 bits per heavy atom. The van der Waals surface area contributed by atoms with Crippen molar-refractivity contribution in [2.45, 2.75) is 19.1 Å². The second-order valence-electron chi connectivity index (χ2n) is 2.63. The van der Waals surface area contributed by atoms with Crippen LogP contribution < -0.4 is 4.72 Å². The molecule has 80 valence electrons. The summed E-state index contributed by atoms with van der Waals surface area (Å²) in [6.45, 7) is 4.09. The maximum Gasteiger partial charge on any atom is 0.216 e. The predicted molar refractivity (Wildman–Crippen MR) is 50.0 cm³/mol. The molecule has 0 aliphatic rings. The fourth-order valence-electron chi connectivity index (χ4n) is 0.641. The Kier molecular flexibility index (Phi) is 6.23. The second-order valence-corrected chi connectivity index (χ2v) is 4.81. The van der Waals surface area contributed by atoms with Crippen molar-refractivity contribution in [1.29, 1.82) is 0 Å². The summed E-state index contributed by atoms with van der Waals surface area (Å²) < 4.78 is 29.7. The average molecular weight is 211 g/mol. The lowest BCUT2D eigenvalue weighted by Gasteiger charge is -2.10. The minimum atomic E-state index is -3.37. The lowest BCUT2D eigenvalue weighted by atomic mass is 10.5. The number of ether oxygens (including phenoxy) is 1. The Hall–Kier alpha value is -0.170. The van der Waals surface area contributed by atoms with Gasteiger partial charge in [0.05, 0.1) is 18.5 Å². The molecule has 0 saturated carbocycles. The highest BCUT2D eigenvalue weighted by atomic mass is 32.2. The van der Waals surface area contributed by atoms with Crippen molar-refractivity contribution in [1.82, 2.24) is 4.72 Å². The van der Waals surface area contributed by atoms with E-state index in [9.17, 15) is 8.42 Å². The SMILES string of the molecule is CCOCCNS(=O)(=O)C(C)CO. The van der Waals surface area contributed by atoms with Gasteiger partial charge >= 0.3 is 0 Å². The quantitative estimate of drug-likeness (QED) is 0.547. The van der Waals surface area contributed by atoms with E-state index in [1.54, 1.807) is 0 Å². The number of nitrogens with one attached hydrogen (secondary N) is 1. The first-order chi connectivity index (χ1) is 6.04. The number of sulfonamides is 1. The van der Waals surface area contributed by atoms with Crippen LogP contribution in [0.25, 0.3) is 0 Å². The van der Waals surface area contributed by atoms with Gasteiger partial charge in [0.2, 0.25) is 10.0 Å². The van der Waals surface area contributed by atoms with E-state index >= 15 is 0 Å². The van der Waals surface area contributed by atoms with E-state index in [4.69, 9.17) is 9.84 Å². The maximum atomic E-state index is 11.2. The summed E-state index contributed by atoms with van der Waals surface area (Å²) in [6.07, 6.45) is 0. The van der Waals surface area contributed by atoms with E-state index in [2.05, 4.69) is 4.72 Å². The Bertz CT molecular complexity index is 215. The molecule has 0 aromatic carbocycles. The molecular formula is C7H17NO4S. The van der Waals surface area contributed by atoms with E-state index in [1.807, 2.05) is 6.92 Å². The van der Waals surface area contributed by atoms with Crippen LogP contribution in [0.2, 0.25) is 0 Å². The Labute approximate surface area is 79.1 Å². The highest BCUT2D eigenvalue weighted by molar-refractivity contribution is 7.90. The molecule has 0 aliphatic carbocycles. The molecule has 5 nitrogen and oxygen atoms in total. The molecule has 0 fully saturated rings. The Morgan fingerprint density at radius 3 is 2.62 bits per heavy atom. The summed E-state index contributed by atoms with van der Waals surface area (Å²) in [5.74, 6) is 0. The summed E-state index contributed by atoms with van der Waals surface area (Å²) in [5, 5.41) is 7.85. The van der Waals surface area contributed by atoms with Crippen molar-refractivity contribution in [2.24, 2.45) is 0 Å². The first kappa shape index (κ1) is 12.8. The van der Waals surface area contributed by atoms with Crippen molar-refractivity contribution in [2.75, 3.05) is 26.4 Å². The molecule has 0 amide bonds. The third kappa shape index (κ3) is 5.20. The molecule has 0 radical (unpaired) electrons. The minimum absolute atomic E-state index is 0.251. The summed E-state index contributed by atoms with van der Waals surface area (Å²) in [6, 6.07) is 0. The van der Waals surface area contributed by atoms with Crippen molar-refractivity contribution >= 4 is 10.0 Å². The van der Waals surface area contributed by atoms with E-state index in [1.165, 1.54) is 6.92 Å². The van der Waals surface area contributed by atoms with Crippen LogP contribution in [0.4, 0.5) is 0 Å². The number of aliphatic hydroxyl groups excluding tert-OH is 1. The molecule has 6 heteroatoms. The molecule has 0 rings (SSSR count). The molecule has 0 heterocycles. The van der Waals surface area contributed by atoms with Gasteiger partial charge in [0.15, 0.2) is 0 Å². The molecule has 0 saturated heterocycles. The van der Waals surface area contributed by atoms with Gasteiger partial charge in [-0.2, -0.15) is 0 Å². The number of hydrogen-bond donors (Lipinski definition) is 2. The van der Waals surface area contributed by atoms with Gasteiger partial charge in [-0.15, -0.1) is 0 Å². The van der Waals surface area contributed by atoms with E-state index in [0.717, 1.165) is 0 Å². The van der Waals surface area contributed by atoms with Gasteiger partial charge in [-0.1, -0.05) is 0 Å². The fraction of sp³-hybridized carbons (Fsp3) is 1.00. The normalized spacial score (nSPS) is 14.4. The second kappa shape index (κ2) is 6.31. The monoisotopic (exact) mass is 211 g/mol. The first-order valence-corrected chi connectivity index (χ1v) is 5.76. The molecule has 1 unspecified atom stereocenters. The van der Waals surface area contributed by atoms with Gasteiger partial charge in [-0.3, -0.25) is 0 Å². The highest BCUT2D eigenvalue weighted by Gasteiger charge is 2.18. The minimum Gasteiger partial charge on any atom is -0.395 e. The Balaban J connectivity index is 3.77. The maximum absolute atomic E-state index is 11.2. The zero-order valence-electron chi connectivity index (χ0n) is 7.99. The average Bonchev–Trinajstić information content (AvgIpc) is 2.11. The molecular weight excluding hydrogens is 194 g/mol. The molecule has 1 atom stereocenters. The highest BCUT2D eigenvalue weighted by Crippen LogP contribution is 1.95. The van der Waals surface area contributed by atoms with Crippen LogP contribution in [0.1, 0.15) is 13.8 Å². The van der Waals surface area contributed by atoms with Gasteiger partial charge < -0.3 is 9.84 Å². The summed E-state index contributed by atoms with van der Waals surface area (Å²) in [4.78, 5) is 0. The molecule has 13 heavy (non-hydrogen) atoms. The zero-order valence-corrected chi connectivity index (χ0v) is 8.80. The van der Waals surface area contributed by atoms with Crippen molar-refractivity contribution in [3.8, 4) is 0 Å². The summed E-state index contributed by atoms with van der Waals surface area (Å²) in [5.41, 5.74) is 0. The third-order valence-electron chi connectivity index (χ3n) is 1.54. The van der Waals surface area contributed by atoms with Crippen LogP contribution in [-0.4, -0.2) is 45.1 Å².